The van der Waals surface area contributed by atoms with Crippen LogP contribution in [0.3, 0.4) is 0 Å². The predicted molar refractivity (Wildman–Crippen MR) is 128 cm³/mol. The highest BCUT2D eigenvalue weighted by molar-refractivity contribution is 7.21. The third kappa shape index (κ3) is 4.80. The Hall–Kier alpha value is -3.52. The smallest absolute Gasteiger partial charge is 0.229 e. The van der Waals surface area contributed by atoms with Crippen molar-refractivity contribution >= 4 is 45.2 Å². The maximum absolute atomic E-state index is 4.75. The zero-order chi connectivity index (χ0) is 20.9. The largest absolute Gasteiger partial charge is 0.370 e. The quantitative estimate of drug-likeness (QED) is 0.384. The monoisotopic (exact) mass is 429 g/mol. The van der Waals surface area contributed by atoms with Gasteiger partial charge in [0.15, 0.2) is 0 Å². The van der Waals surface area contributed by atoms with Crippen LogP contribution in [-0.2, 0) is 0 Å². The van der Waals surface area contributed by atoms with Crippen molar-refractivity contribution in [1.82, 2.24) is 20.0 Å². The lowest BCUT2D eigenvalue weighted by Crippen LogP contribution is -2.18. The second kappa shape index (κ2) is 9.09. The first kappa shape index (κ1) is 19.4. The van der Waals surface area contributed by atoms with Crippen molar-refractivity contribution in [2.45, 2.75) is 12.8 Å². The summed E-state index contributed by atoms with van der Waals surface area (Å²) in [5.74, 6) is 1.38. The van der Waals surface area contributed by atoms with Crippen molar-refractivity contribution in [1.29, 1.82) is 0 Å². The van der Waals surface area contributed by atoms with Crippen LogP contribution in [-0.4, -0.2) is 45.8 Å². The fourth-order valence-corrected chi connectivity index (χ4v) is 4.42. The summed E-state index contributed by atoms with van der Waals surface area (Å²) >= 11 is 1.70. The van der Waals surface area contributed by atoms with Crippen molar-refractivity contribution in [2.24, 2.45) is 5.10 Å². The molecule has 0 saturated heterocycles. The van der Waals surface area contributed by atoms with Crippen molar-refractivity contribution in [3.05, 3.63) is 60.8 Å². The molecule has 0 fully saturated rings. The first-order valence-corrected chi connectivity index (χ1v) is 11.2. The summed E-state index contributed by atoms with van der Waals surface area (Å²) < 4.78 is 1.19. The number of hydrazone groups is 1. The van der Waals surface area contributed by atoms with Gasteiger partial charge in [0.1, 0.15) is 10.8 Å². The highest BCUT2D eigenvalue weighted by atomic mass is 32.1. The number of hydrogen-bond acceptors (Lipinski definition) is 8. The van der Waals surface area contributed by atoms with Gasteiger partial charge in [0.25, 0.3) is 0 Å². The van der Waals surface area contributed by atoms with E-state index in [4.69, 9.17) is 4.98 Å². The molecule has 1 aliphatic heterocycles. The van der Waals surface area contributed by atoms with Crippen molar-refractivity contribution in [2.75, 3.05) is 30.3 Å². The lowest BCUT2D eigenvalue weighted by Gasteiger charge is -2.13. The van der Waals surface area contributed by atoms with Gasteiger partial charge in [0.2, 0.25) is 5.95 Å². The first-order valence-electron chi connectivity index (χ1n) is 10.4. The average molecular weight is 430 g/mol. The Morgan fingerprint density at radius 2 is 2.00 bits per heavy atom. The molecule has 4 aromatic rings. The third-order valence-corrected chi connectivity index (χ3v) is 6.06. The molecule has 2 aromatic heterocycles. The zero-order valence-electron chi connectivity index (χ0n) is 17.0. The molecule has 0 spiro atoms. The molecule has 7 nitrogen and oxygen atoms in total. The summed E-state index contributed by atoms with van der Waals surface area (Å²) in [7, 11) is 0. The third-order valence-electron chi connectivity index (χ3n) is 4.98. The normalized spacial score (nSPS) is 13.1. The Kier molecular flexibility index (Phi) is 5.70. The lowest BCUT2D eigenvalue weighted by atomic mass is 10.2. The van der Waals surface area contributed by atoms with E-state index in [1.54, 1.807) is 17.5 Å². The van der Waals surface area contributed by atoms with Crippen molar-refractivity contribution in [3.63, 3.8) is 0 Å². The number of benzene rings is 2. The predicted octanol–water partition coefficient (Wildman–Crippen LogP) is 4.99. The Morgan fingerprint density at radius 1 is 1.03 bits per heavy atom. The van der Waals surface area contributed by atoms with E-state index in [0.717, 1.165) is 60.1 Å². The molecule has 31 heavy (non-hydrogen) atoms. The summed E-state index contributed by atoms with van der Waals surface area (Å²) in [4.78, 5) is 13.7. The molecule has 0 aliphatic carbocycles. The molecule has 0 radical (unpaired) electrons. The fourth-order valence-electron chi connectivity index (χ4n) is 3.46. The number of nitrogens with zero attached hydrogens (tertiary/aromatic N) is 5. The van der Waals surface area contributed by atoms with E-state index < -0.39 is 0 Å². The average Bonchev–Trinajstić information content (AvgIpc) is 3.47. The summed E-state index contributed by atoms with van der Waals surface area (Å²) in [5.41, 5.74) is 3.03. The second-order valence-corrected chi connectivity index (χ2v) is 8.31. The van der Waals surface area contributed by atoms with Crippen molar-refractivity contribution < 1.29 is 0 Å². The van der Waals surface area contributed by atoms with E-state index in [1.165, 1.54) is 4.70 Å². The lowest BCUT2D eigenvalue weighted by molar-refractivity contribution is 0.317. The van der Waals surface area contributed by atoms with Crippen LogP contribution in [0.15, 0.2) is 65.9 Å². The highest BCUT2D eigenvalue weighted by Crippen LogP contribution is 2.31. The van der Waals surface area contributed by atoms with E-state index >= 15 is 0 Å². The summed E-state index contributed by atoms with van der Waals surface area (Å²) in [6.07, 6.45) is 5.80. The van der Waals surface area contributed by atoms with E-state index in [-0.39, 0.29) is 0 Å². The van der Waals surface area contributed by atoms with Gasteiger partial charge in [-0.05, 0) is 36.8 Å². The summed E-state index contributed by atoms with van der Waals surface area (Å²) in [6.45, 7) is 2.82. The zero-order valence-corrected chi connectivity index (χ0v) is 17.8. The number of thiazole rings is 1. The van der Waals surface area contributed by atoms with Gasteiger partial charge in [-0.25, -0.2) is 9.97 Å². The van der Waals surface area contributed by atoms with E-state index in [1.807, 2.05) is 42.6 Å². The minimum atomic E-state index is 0.565. The maximum Gasteiger partial charge on any atom is 0.229 e. The van der Waals surface area contributed by atoms with Gasteiger partial charge in [-0.15, -0.1) is 11.3 Å². The number of para-hydroxylation sites is 1. The van der Waals surface area contributed by atoms with Crippen LogP contribution in [0, 0.1) is 0 Å². The molecule has 0 bridgehead atoms. The van der Waals surface area contributed by atoms with E-state index in [0.29, 0.717) is 5.95 Å². The molecule has 0 unspecified atom stereocenters. The summed E-state index contributed by atoms with van der Waals surface area (Å²) in [6, 6.07) is 18.3. The standard InChI is InChI=1S/C23H23N7S/c1-2-9-20-19(8-1)28-22(31-20)17-6-3-7-18(16-17)27-23-25-13-10-21(29-23)24-11-4-14-30-15-5-12-26-30/h1-3,6-10,12-13,16H,4-5,11,14-15H2,(H2,24,25,27,29). The molecule has 2 aromatic carbocycles. The molecular formula is C23H23N7S. The van der Waals surface area contributed by atoms with Crippen LogP contribution in [0.2, 0.25) is 0 Å². The van der Waals surface area contributed by atoms with E-state index in [9.17, 15) is 0 Å². The molecule has 0 saturated carbocycles. The molecule has 5 rings (SSSR count). The van der Waals surface area contributed by atoms with Crippen LogP contribution in [0.25, 0.3) is 20.8 Å². The fraction of sp³-hybridized carbons (Fsp3) is 0.217. The van der Waals surface area contributed by atoms with Gasteiger partial charge >= 0.3 is 0 Å². The Labute approximate surface area is 184 Å². The van der Waals surface area contributed by atoms with Gasteiger partial charge in [-0.3, -0.25) is 5.01 Å². The molecule has 2 N–H and O–H groups in total. The van der Waals surface area contributed by atoms with Crippen LogP contribution in [0.1, 0.15) is 12.8 Å². The Balaban J connectivity index is 1.23. The Bertz CT molecular complexity index is 1170. The highest BCUT2D eigenvalue weighted by Gasteiger charge is 2.08. The van der Waals surface area contributed by atoms with Gasteiger partial charge < -0.3 is 10.6 Å². The SMILES string of the molecule is C1=NN(CCCNc2ccnc(Nc3cccc(-c4nc5ccccc5s4)c3)n2)CC1. The topological polar surface area (TPSA) is 78.3 Å². The minimum Gasteiger partial charge on any atom is -0.370 e. The van der Waals surface area contributed by atoms with Gasteiger partial charge in [-0.1, -0.05) is 24.3 Å². The van der Waals surface area contributed by atoms with Crippen LogP contribution < -0.4 is 10.6 Å². The molecular weight excluding hydrogens is 406 g/mol. The van der Waals surface area contributed by atoms with Crippen molar-refractivity contribution in [3.8, 4) is 10.6 Å². The number of rotatable bonds is 8. The molecule has 156 valence electrons. The van der Waals surface area contributed by atoms with Crippen LogP contribution in [0.4, 0.5) is 17.5 Å². The number of nitrogens with one attached hydrogen (secondary N) is 2. The Morgan fingerprint density at radius 3 is 2.90 bits per heavy atom. The maximum atomic E-state index is 4.75. The van der Waals surface area contributed by atoms with Gasteiger partial charge in [0, 0.05) is 49.7 Å². The second-order valence-electron chi connectivity index (χ2n) is 7.28. The van der Waals surface area contributed by atoms with Gasteiger partial charge in [-0.2, -0.15) is 10.1 Å². The number of hydrogen-bond donors (Lipinski definition) is 2. The van der Waals surface area contributed by atoms with Gasteiger partial charge in [0.05, 0.1) is 10.2 Å². The number of fused-ring (bicyclic) bond motifs is 1. The number of anilines is 3. The molecule has 1 aliphatic rings. The summed E-state index contributed by atoms with van der Waals surface area (Å²) in [5, 5.41) is 14.1. The molecule has 0 atom stereocenters. The van der Waals surface area contributed by atoms with E-state index in [2.05, 4.69) is 48.9 Å². The molecule has 8 heteroatoms. The van der Waals surface area contributed by atoms with Crippen LogP contribution in [0.5, 0.6) is 0 Å². The first-order chi connectivity index (χ1) is 15.3. The molecule has 0 amide bonds. The van der Waals surface area contributed by atoms with Crippen LogP contribution >= 0.6 is 11.3 Å². The molecule has 3 heterocycles. The minimum absolute atomic E-state index is 0.565. The number of aromatic nitrogens is 3.